The summed E-state index contributed by atoms with van der Waals surface area (Å²) in [6.45, 7) is 10.2. The normalized spacial score (nSPS) is 13.9. The highest BCUT2D eigenvalue weighted by Crippen LogP contribution is 2.02. The Morgan fingerprint density at radius 3 is 2.29 bits per heavy atom. The van der Waals surface area contributed by atoms with Gasteiger partial charge in [-0.05, 0) is 38.8 Å². The predicted molar refractivity (Wildman–Crippen MR) is 61.2 cm³/mol. The number of rotatable bonds is 8. The summed E-state index contributed by atoms with van der Waals surface area (Å²) >= 11 is 0. The lowest BCUT2D eigenvalue weighted by Crippen LogP contribution is -2.32. The van der Waals surface area contributed by atoms with Crippen LogP contribution < -0.4 is 5.73 Å². The van der Waals surface area contributed by atoms with Crippen LogP contribution >= 0.6 is 0 Å². The molecule has 0 fully saturated rings. The van der Waals surface area contributed by atoms with Crippen molar-refractivity contribution in [3.63, 3.8) is 0 Å². The standard InChI is InChI=1S/C11H26N2O/c1-10(2)9-13(7-4-6-12)8-5-11(3)14/h10-11,14H,4-9,12H2,1-3H3. The van der Waals surface area contributed by atoms with E-state index in [4.69, 9.17) is 5.73 Å². The van der Waals surface area contributed by atoms with Crippen LogP contribution in [0.2, 0.25) is 0 Å². The summed E-state index contributed by atoms with van der Waals surface area (Å²) in [6, 6.07) is 0. The van der Waals surface area contributed by atoms with Gasteiger partial charge in [-0.1, -0.05) is 13.8 Å². The maximum Gasteiger partial charge on any atom is 0.0524 e. The average molecular weight is 202 g/mol. The van der Waals surface area contributed by atoms with E-state index in [2.05, 4.69) is 18.7 Å². The van der Waals surface area contributed by atoms with E-state index in [0.29, 0.717) is 5.92 Å². The minimum absolute atomic E-state index is 0.192. The van der Waals surface area contributed by atoms with Crippen molar-refractivity contribution in [1.29, 1.82) is 0 Å². The van der Waals surface area contributed by atoms with Crippen LogP contribution in [-0.4, -0.2) is 42.3 Å². The highest BCUT2D eigenvalue weighted by Gasteiger charge is 2.07. The molecule has 3 heteroatoms. The topological polar surface area (TPSA) is 49.5 Å². The molecule has 0 saturated heterocycles. The fourth-order valence-corrected chi connectivity index (χ4v) is 1.50. The van der Waals surface area contributed by atoms with Crippen molar-refractivity contribution >= 4 is 0 Å². The second-order valence-electron chi connectivity index (χ2n) is 4.47. The third kappa shape index (κ3) is 8.48. The molecule has 1 unspecified atom stereocenters. The van der Waals surface area contributed by atoms with Gasteiger partial charge in [0.25, 0.3) is 0 Å². The zero-order valence-electron chi connectivity index (χ0n) is 9.87. The SMILES string of the molecule is CC(C)CN(CCCN)CCC(C)O. The summed E-state index contributed by atoms with van der Waals surface area (Å²) in [7, 11) is 0. The van der Waals surface area contributed by atoms with Crippen LogP contribution in [0.1, 0.15) is 33.6 Å². The second-order valence-corrected chi connectivity index (χ2v) is 4.47. The predicted octanol–water partition coefficient (Wildman–Crippen LogP) is 1.06. The van der Waals surface area contributed by atoms with Crippen molar-refractivity contribution in [2.24, 2.45) is 11.7 Å². The number of aliphatic hydroxyl groups excluding tert-OH is 1. The number of hydrogen-bond donors (Lipinski definition) is 2. The lowest BCUT2D eigenvalue weighted by molar-refractivity contribution is 0.150. The summed E-state index contributed by atoms with van der Waals surface area (Å²) in [5, 5.41) is 9.21. The molecule has 0 saturated carbocycles. The highest BCUT2D eigenvalue weighted by atomic mass is 16.3. The molecule has 0 aromatic rings. The van der Waals surface area contributed by atoms with E-state index >= 15 is 0 Å². The maximum atomic E-state index is 9.21. The Kier molecular flexibility index (Phi) is 8.14. The van der Waals surface area contributed by atoms with Gasteiger partial charge in [0.2, 0.25) is 0 Å². The summed E-state index contributed by atoms with van der Waals surface area (Å²) in [5.41, 5.74) is 5.49. The van der Waals surface area contributed by atoms with Crippen LogP contribution in [0.4, 0.5) is 0 Å². The maximum absolute atomic E-state index is 9.21. The van der Waals surface area contributed by atoms with Crippen LogP contribution in [0.3, 0.4) is 0 Å². The summed E-state index contributed by atoms with van der Waals surface area (Å²) in [5.74, 6) is 0.682. The van der Waals surface area contributed by atoms with Gasteiger partial charge >= 0.3 is 0 Å². The van der Waals surface area contributed by atoms with Crippen molar-refractivity contribution in [3.8, 4) is 0 Å². The van der Waals surface area contributed by atoms with Gasteiger partial charge in [0.15, 0.2) is 0 Å². The van der Waals surface area contributed by atoms with Gasteiger partial charge in [-0.2, -0.15) is 0 Å². The van der Waals surface area contributed by atoms with E-state index in [1.807, 2.05) is 6.92 Å². The third-order valence-electron chi connectivity index (χ3n) is 2.16. The van der Waals surface area contributed by atoms with Gasteiger partial charge < -0.3 is 15.7 Å². The first-order valence-corrected chi connectivity index (χ1v) is 5.66. The average Bonchev–Trinajstić information content (AvgIpc) is 2.09. The molecule has 0 aliphatic rings. The largest absolute Gasteiger partial charge is 0.393 e. The molecule has 0 aliphatic heterocycles. The van der Waals surface area contributed by atoms with Gasteiger partial charge in [0.1, 0.15) is 0 Å². The molecule has 0 rings (SSSR count). The Labute approximate surface area is 88.3 Å². The minimum atomic E-state index is -0.192. The number of nitrogens with two attached hydrogens (primary N) is 1. The highest BCUT2D eigenvalue weighted by molar-refractivity contribution is 4.62. The van der Waals surface area contributed by atoms with Gasteiger partial charge in [-0.15, -0.1) is 0 Å². The molecule has 0 spiro atoms. The fraction of sp³-hybridized carbons (Fsp3) is 1.00. The van der Waals surface area contributed by atoms with Crippen LogP contribution in [0.5, 0.6) is 0 Å². The smallest absolute Gasteiger partial charge is 0.0524 e. The molecule has 1 atom stereocenters. The van der Waals surface area contributed by atoms with Gasteiger partial charge in [-0.25, -0.2) is 0 Å². The summed E-state index contributed by atoms with van der Waals surface area (Å²) in [6.07, 6.45) is 1.71. The van der Waals surface area contributed by atoms with Crippen molar-refractivity contribution in [3.05, 3.63) is 0 Å². The Balaban J connectivity index is 3.72. The third-order valence-corrected chi connectivity index (χ3v) is 2.16. The Bertz CT molecular complexity index is 126. The molecule has 0 bridgehead atoms. The van der Waals surface area contributed by atoms with E-state index in [0.717, 1.165) is 39.0 Å². The van der Waals surface area contributed by atoms with Crippen molar-refractivity contribution in [1.82, 2.24) is 4.90 Å². The van der Waals surface area contributed by atoms with E-state index in [9.17, 15) is 5.11 Å². The number of nitrogens with zero attached hydrogens (tertiary/aromatic N) is 1. The van der Waals surface area contributed by atoms with Crippen molar-refractivity contribution < 1.29 is 5.11 Å². The van der Waals surface area contributed by atoms with E-state index in [-0.39, 0.29) is 6.10 Å². The molecule has 0 aliphatic carbocycles. The first-order valence-electron chi connectivity index (χ1n) is 5.66. The van der Waals surface area contributed by atoms with Crippen molar-refractivity contribution in [2.45, 2.75) is 39.7 Å². The molecule has 0 aromatic heterocycles. The van der Waals surface area contributed by atoms with Crippen LogP contribution in [-0.2, 0) is 0 Å². The first-order chi connectivity index (χ1) is 6.56. The molecule has 3 nitrogen and oxygen atoms in total. The Morgan fingerprint density at radius 2 is 1.86 bits per heavy atom. The monoisotopic (exact) mass is 202 g/mol. The lowest BCUT2D eigenvalue weighted by Gasteiger charge is -2.24. The van der Waals surface area contributed by atoms with Crippen molar-refractivity contribution in [2.75, 3.05) is 26.2 Å². The Hall–Kier alpha value is -0.120. The zero-order valence-corrected chi connectivity index (χ0v) is 9.87. The van der Waals surface area contributed by atoms with E-state index in [1.54, 1.807) is 0 Å². The van der Waals surface area contributed by atoms with Crippen LogP contribution in [0, 0.1) is 5.92 Å². The summed E-state index contributed by atoms with van der Waals surface area (Å²) in [4.78, 5) is 2.39. The molecule has 0 radical (unpaired) electrons. The Morgan fingerprint density at radius 1 is 1.21 bits per heavy atom. The number of aliphatic hydroxyl groups is 1. The molecule has 14 heavy (non-hydrogen) atoms. The number of hydrogen-bond acceptors (Lipinski definition) is 3. The molecule has 0 aromatic carbocycles. The molecule has 0 amide bonds. The molecule has 3 N–H and O–H groups in total. The molecular weight excluding hydrogens is 176 g/mol. The van der Waals surface area contributed by atoms with Gasteiger partial charge in [0.05, 0.1) is 6.10 Å². The van der Waals surface area contributed by atoms with E-state index < -0.39 is 0 Å². The first kappa shape index (κ1) is 13.9. The van der Waals surface area contributed by atoms with E-state index in [1.165, 1.54) is 0 Å². The lowest BCUT2D eigenvalue weighted by atomic mass is 10.2. The zero-order chi connectivity index (χ0) is 11.0. The van der Waals surface area contributed by atoms with Gasteiger partial charge in [0, 0.05) is 13.1 Å². The van der Waals surface area contributed by atoms with Gasteiger partial charge in [-0.3, -0.25) is 0 Å². The molecular formula is C11H26N2O. The second kappa shape index (κ2) is 8.21. The quantitative estimate of drug-likeness (QED) is 0.619. The molecule has 86 valence electrons. The summed E-state index contributed by atoms with van der Waals surface area (Å²) < 4.78 is 0. The van der Waals surface area contributed by atoms with Crippen LogP contribution in [0.25, 0.3) is 0 Å². The van der Waals surface area contributed by atoms with Crippen LogP contribution in [0.15, 0.2) is 0 Å². The molecule has 0 heterocycles. The fourth-order valence-electron chi connectivity index (χ4n) is 1.50. The minimum Gasteiger partial charge on any atom is -0.393 e.